The number of sulfonamides is 1. The van der Waals surface area contributed by atoms with Gasteiger partial charge in [0.1, 0.15) is 16.5 Å². The highest BCUT2D eigenvalue weighted by Gasteiger charge is 2.32. The third-order valence-electron chi connectivity index (χ3n) is 5.92. The van der Waals surface area contributed by atoms with Gasteiger partial charge in [0.15, 0.2) is 0 Å². The molecule has 0 bridgehead atoms. The van der Waals surface area contributed by atoms with Crippen LogP contribution in [0, 0.1) is 12.8 Å². The molecule has 9 nitrogen and oxygen atoms in total. The Morgan fingerprint density at radius 2 is 1.82 bits per heavy atom. The number of pyridine rings is 1. The molecule has 1 aromatic heterocycles. The van der Waals surface area contributed by atoms with Gasteiger partial charge in [0.2, 0.25) is 15.9 Å². The summed E-state index contributed by atoms with van der Waals surface area (Å²) in [6.07, 6.45) is 4.31. The summed E-state index contributed by atoms with van der Waals surface area (Å²) in [5.41, 5.74) is 1.28. The van der Waals surface area contributed by atoms with Crippen LogP contribution in [0.1, 0.15) is 41.6 Å². The Balaban J connectivity index is 1.41. The van der Waals surface area contributed by atoms with Crippen molar-refractivity contribution in [1.82, 2.24) is 14.6 Å². The van der Waals surface area contributed by atoms with Crippen LogP contribution in [0.3, 0.4) is 0 Å². The molecule has 2 N–H and O–H groups in total. The van der Waals surface area contributed by atoms with E-state index in [-0.39, 0.29) is 40.0 Å². The number of methoxy groups -OCH3 is 1. The number of carbonyl (C=O) groups is 2. The predicted octanol–water partition coefficient (Wildman–Crippen LogP) is 2.33. The molecule has 1 saturated heterocycles. The van der Waals surface area contributed by atoms with Gasteiger partial charge in [-0.25, -0.2) is 18.1 Å². The molecule has 2 heterocycles. The molecule has 2 aliphatic rings. The van der Waals surface area contributed by atoms with E-state index in [1.807, 2.05) is 19.1 Å². The Bertz CT molecular complexity index is 1160. The van der Waals surface area contributed by atoms with Crippen molar-refractivity contribution in [3.63, 3.8) is 0 Å². The van der Waals surface area contributed by atoms with Crippen molar-refractivity contribution < 1.29 is 22.7 Å². The van der Waals surface area contributed by atoms with E-state index in [4.69, 9.17) is 4.74 Å². The first kappa shape index (κ1) is 23.2. The number of likely N-dealkylation sites (tertiary alicyclic amines) is 1. The van der Waals surface area contributed by atoms with Crippen LogP contribution >= 0.6 is 0 Å². The second-order valence-electron chi connectivity index (χ2n) is 8.54. The summed E-state index contributed by atoms with van der Waals surface area (Å²) in [5, 5.41) is 2.84. The quantitative estimate of drug-likeness (QED) is 0.639. The average Bonchev–Trinajstić information content (AvgIpc) is 3.61. The topological polar surface area (TPSA) is 118 Å². The first-order valence-corrected chi connectivity index (χ1v) is 12.5. The van der Waals surface area contributed by atoms with Crippen LogP contribution in [0.5, 0.6) is 5.75 Å². The van der Waals surface area contributed by atoms with Gasteiger partial charge in [0.25, 0.3) is 5.91 Å². The van der Waals surface area contributed by atoms with Crippen molar-refractivity contribution in [1.29, 1.82) is 0 Å². The summed E-state index contributed by atoms with van der Waals surface area (Å²) in [6.45, 7) is 2.75. The zero-order valence-electron chi connectivity index (χ0n) is 18.7. The van der Waals surface area contributed by atoms with Crippen molar-refractivity contribution in [2.75, 3.05) is 25.5 Å². The largest absolute Gasteiger partial charge is 0.495 e. The van der Waals surface area contributed by atoms with E-state index < -0.39 is 10.0 Å². The van der Waals surface area contributed by atoms with E-state index in [1.165, 1.54) is 19.2 Å². The van der Waals surface area contributed by atoms with Crippen molar-refractivity contribution in [3.05, 3.63) is 47.7 Å². The minimum Gasteiger partial charge on any atom is -0.495 e. The number of anilines is 1. The monoisotopic (exact) mass is 472 g/mol. The highest BCUT2D eigenvalue weighted by atomic mass is 32.2. The second kappa shape index (κ2) is 9.48. The molecule has 1 saturated carbocycles. The Morgan fingerprint density at radius 3 is 2.45 bits per heavy atom. The Hall–Kier alpha value is -2.98. The summed E-state index contributed by atoms with van der Waals surface area (Å²) in [6, 6.07) is 8.05. The maximum Gasteiger partial charge on any atom is 0.253 e. The van der Waals surface area contributed by atoms with Crippen molar-refractivity contribution in [3.8, 4) is 5.75 Å². The van der Waals surface area contributed by atoms with Crippen molar-refractivity contribution >= 4 is 27.7 Å². The highest BCUT2D eigenvalue weighted by Crippen LogP contribution is 2.29. The summed E-state index contributed by atoms with van der Waals surface area (Å²) in [7, 11) is -2.39. The smallest absolute Gasteiger partial charge is 0.253 e. The lowest BCUT2D eigenvalue weighted by Gasteiger charge is -2.31. The van der Waals surface area contributed by atoms with Crippen LogP contribution in [0.25, 0.3) is 0 Å². The zero-order chi connectivity index (χ0) is 23.6. The molecule has 33 heavy (non-hydrogen) atoms. The number of aryl methyl sites for hydroxylation is 1. The number of hydrogen-bond donors (Lipinski definition) is 2. The molecule has 2 aromatic rings. The van der Waals surface area contributed by atoms with Crippen molar-refractivity contribution in [2.45, 2.75) is 43.5 Å². The minimum absolute atomic E-state index is 0.0392. The predicted molar refractivity (Wildman–Crippen MR) is 123 cm³/mol. The molecule has 0 atom stereocenters. The summed E-state index contributed by atoms with van der Waals surface area (Å²) < 4.78 is 33.3. The molecule has 2 amide bonds. The normalized spacial score (nSPS) is 17.0. The van der Waals surface area contributed by atoms with Crippen LogP contribution in [0.15, 0.2) is 41.4 Å². The molecule has 0 radical (unpaired) electrons. The highest BCUT2D eigenvalue weighted by molar-refractivity contribution is 7.89. The van der Waals surface area contributed by atoms with Gasteiger partial charge in [-0.1, -0.05) is 0 Å². The van der Waals surface area contributed by atoms with E-state index in [2.05, 4.69) is 15.0 Å². The van der Waals surface area contributed by atoms with Gasteiger partial charge in [-0.05, 0) is 68.5 Å². The third-order valence-corrected chi connectivity index (χ3v) is 7.46. The number of ether oxygens (including phenoxy) is 1. The minimum atomic E-state index is -3.78. The van der Waals surface area contributed by atoms with E-state index in [1.54, 1.807) is 17.2 Å². The lowest BCUT2D eigenvalue weighted by Crippen LogP contribution is -2.41. The Kier molecular flexibility index (Phi) is 6.66. The number of amides is 2. The summed E-state index contributed by atoms with van der Waals surface area (Å²) in [5.74, 6) is 0.125. The third kappa shape index (κ3) is 5.51. The van der Waals surface area contributed by atoms with E-state index >= 15 is 0 Å². The van der Waals surface area contributed by atoms with Gasteiger partial charge in [-0.3, -0.25) is 9.59 Å². The van der Waals surface area contributed by atoms with Crippen LogP contribution in [-0.4, -0.2) is 56.4 Å². The molecular weight excluding hydrogens is 444 g/mol. The van der Waals surface area contributed by atoms with E-state index in [0.29, 0.717) is 31.7 Å². The van der Waals surface area contributed by atoms with E-state index in [9.17, 15) is 18.0 Å². The molecule has 10 heteroatoms. The number of carbonyl (C=O) groups excluding carboxylic acids is 2. The molecule has 176 valence electrons. The van der Waals surface area contributed by atoms with Crippen LogP contribution in [-0.2, 0) is 14.8 Å². The van der Waals surface area contributed by atoms with Gasteiger partial charge >= 0.3 is 0 Å². The van der Waals surface area contributed by atoms with Gasteiger partial charge in [-0.15, -0.1) is 0 Å². The van der Waals surface area contributed by atoms with Crippen LogP contribution in [0.2, 0.25) is 0 Å². The van der Waals surface area contributed by atoms with Gasteiger partial charge < -0.3 is 15.0 Å². The number of benzene rings is 1. The first-order valence-electron chi connectivity index (χ1n) is 11.0. The fourth-order valence-electron chi connectivity index (χ4n) is 3.86. The summed E-state index contributed by atoms with van der Waals surface area (Å²) in [4.78, 5) is 31.5. The molecule has 1 aromatic carbocycles. The molecule has 1 aliphatic carbocycles. The van der Waals surface area contributed by atoms with Crippen LogP contribution < -0.4 is 14.8 Å². The molecule has 1 aliphatic heterocycles. The number of rotatable bonds is 7. The maximum atomic E-state index is 13.1. The number of hydrogen-bond acceptors (Lipinski definition) is 6. The number of nitrogens with zero attached hydrogens (tertiary/aromatic N) is 2. The molecule has 0 spiro atoms. The molecule has 2 fully saturated rings. The molecule has 0 unspecified atom stereocenters. The Labute approximate surface area is 193 Å². The standard InChI is InChI=1S/C23H28N4O5S/c1-15-7-10-24-21(13-15)25-22(28)16-8-11-27(12-9-16)23(29)17-3-6-19(32-2)20(14-17)33(30,31)26-18-4-5-18/h3,6-7,10,13-14,16,18,26H,4-5,8-9,11-12H2,1-2H3,(H,24,25,28). The van der Waals surface area contributed by atoms with E-state index in [0.717, 1.165) is 18.4 Å². The fourth-order valence-corrected chi connectivity index (χ4v) is 5.36. The summed E-state index contributed by atoms with van der Waals surface area (Å²) >= 11 is 0. The fraction of sp³-hybridized carbons (Fsp3) is 0.435. The van der Waals surface area contributed by atoms with Gasteiger partial charge in [0, 0.05) is 36.8 Å². The zero-order valence-corrected chi connectivity index (χ0v) is 19.5. The van der Waals surface area contributed by atoms with Gasteiger partial charge in [0.05, 0.1) is 7.11 Å². The molecule has 4 rings (SSSR count). The lowest BCUT2D eigenvalue weighted by atomic mass is 9.95. The van der Waals surface area contributed by atoms with Crippen LogP contribution in [0.4, 0.5) is 5.82 Å². The number of piperidine rings is 1. The average molecular weight is 473 g/mol. The van der Waals surface area contributed by atoms with Crippen molar-refractivity contribution in [2.24, 2.45) is 5.92 Å². The second-order valence-corrected chi connectivity index (χ2v) is 10.2. The SMILES string of the molecule is COc1ccc(C(=O)N2CCC(C(=O)Nc3cc(C)ccn3)CC2)cc1S(=O)(=O)NC1CC1. The molecular formula is C23H28N4O5S. The van der Waals surface area contributed by atoms with Gasteiger partial charge in [-0.2, -0.15) is 0 Å². The maximum absolute atomic E-state index is 13.1. The first-order chi connectivity index (χ1) is 15.8. The lowest BCUT2D eigenvalue weighted by molar-refractivity contribution is -0.121. The number of nitrogens with one attached hydrogen (secondary N) is 2. The number of aromatic nitrogens is 1. The Morgan fingerprint density at radius 1 is 1.09 bits per heavy atom.